The van der Waals surface area contributed by atoms with Crippen molar-refractivity contribution in [3.05, 3.63) is 24.6 Å². The van der Waals surface area contributed by atoms with Gasteiger partial charge in [0.15, 0.2) is 0 Å². The van der Waals surface area contributed by atoms with Crippen molar-refractivity contribution in [2.75, 3.05) is 0 Å². The zero-order valence-corrected chi connectivity index (χ0v) is 3.73. The van der Waals surface area contributed by atoms with Crippen LogP contribution < -0.4 is 0 Å². The lowest BCUT2D eigenvalue weighted by atomic mass is 10.5. The quantitative estimate of drug-likeness (QED) is 0.289. The number of rotatable bonds is 2. The number of hydrogen-bond donors (Lipinski definition) is 0. The summed E-state index contributed by atoms with van der Waals surface area (Å²) in [6.07, 6.45) is 2.14. The highest BCUT2D eigenvalue weighted by Crippen LogP contribution is 1.91. The summed E-state index contributed by atoms with van der Waals surface area (Å²) < 4.78 is 11.6. The Hall–Kier alpha value is -0.920. The van der Waals surface area contributed by atoms with Crippen LogP contribution >= 0.6 is 0 Å². The number of aldehydes is 1. The van der Waals surface area contributed by atoms with E-state index < -0.39 is 5.83 Å². The van der Waals surface area contributed by atoms with Gasteiger partial charge in [-0.15, -0.1) is 0 Å². The lowest BCUT2D eigenvalue weighted by molar-refractivity contribution is -0.104. The van der Waals surface area contributed by atoms with Gasteiger partial charge in [-0.25, -0.2) is 4.39 Å². The maximum absolute atomic E-state index is 11.6. The van der Waals surface area contributed by atoms with Crippen LogP contribution in [0.15, 0.2) is 24.6 Å². The molecule has 0 saturated carbocycles. The molecule has 0 amide bonds. The summed E-state index contributed by atoms with van der Waals surface area (Å²) in [6.45, 7) is 3.08. The van der Waals surface area contributed by atoms with Gasteiger partial charge in [-0.3, -0.25) is 4.79 Å². The Morgan fingerprint density at radius 3 is 2.43 bits per heavy atom. The molecule has 0 saturated heterocycles. The molecule has 38 valence electrons. The fourth-order valence-corrected chi connectivity index (χ4v) is 0.133. The van der Waals surface area contributed by atoms with Crippen molar-refractivity contribution in [1.29, 1.82) is 0 Å². The maximum atomic E-state index is 11.6. The van der Waals surface area contributed by atoms with Gasteiger partial charge < -0.3 is 0 Å². The molecule has 0 heterocycles. The first-order valence-corrected chi connectivity index (χ1v) is 1.74. The van der Waals surface area contributed by atoms with Crippen LogP contribution in [0.3, 0.4) is 0 Å². The normalized spacial score (nSPS) is 10.7. The van der Waals surface area contributed by atoms with Gasteiger partial charge in [0.1, 0.15) is 12.1 Å². The third-order valence-electron chi connectivity index (χ3n) is 0.422. The molecule has 0 radical (unpaired) electrons. The van der Waals surface area contributed by atoms with Crippen molar-refractivity contribution in [3.8, 4) is 0 Å². The van der Waals surface area contributed by atoms with Gasteiger partial charge in [0.25, 0.3) is 0 Å². The van der Waals surface area contributed by atoms with E-state index in [0.717, 1.165) is 12.2 Å². The molecule has 0 atom stereocenters. The van der Waals surface area contributed by atoms with Crippen molar-refractivity contribution in [2.24, 2.45) is 0 Å². The summed E-state index contributed by atoms with van der Waals surface area (Å²) >= 11 is 0. The highest BCUT2D eigenvalue weighted by atomic mass is 19.1. The van der Waals surface area contributed by atoms with Crippen LogP contribution in [-0.4, -0.2) is 6.29 Å². The summed E-state index contributed by atoms with van der Waals surface area (Å²) in [6, 6.07) is 0. The Balaban J connectivity index is 3.72. The fraction of sp³-hybridized carbons (Fsp3) is 0. The minimum Gasteiger partial charge on any atom is -0.298 e. The number of allylic oxidation sites excluding steroid dienone is 3. The Bertz CT molecular complexity index is 105. The molecular weight excluding hydrogens is 95.1 g/mol. The third-order valence-corrected chi connectivity index (χ3v) is 0.422. The molecule has 2 heteroatoms. The standard InChI is InChI=1S/C5H5FO/c1-2-5(6)3-4-7/h2-4H,1H2. The SMILES string of the molecule is C=CC(F)=CC=O. The van der Waals surface area contributed by atoms with E-state index in [4.69, 9.17) is 0 Å². The minimum atomic E-state index is -0.602. The van der Waals surface area contributed by atoms with Crippen molar-refractivity contribution < 1.29 is 9.18 Å². The molecule has 0 rings (SSSR count). The topological polar surface area (TPSA) is 17.1 Å². The number of carbonyl (C=O) groups excluding carboxylic acids is 1. The van der Waals surface area contributed by atoms with E-state index in [9.17, 15) is 9.18 Å². The molecule has 0 spiro atoms. The highest BCUT2D eigenvalue weighted by Gasteiger charge is 1.77. The second kappa shape index (κ2) is 3.28. The van der Waals surface area contributed by atoms with Crippen LogP contribution in [0.4, 0.5) is 4.39 Å². The first-order chi connectivity index (χ1) is 3.31. The molecule has 0 bridgehead atoms. The molecule has 0 aromatic heterocycles. The Morgan fingerprint density at radius 2 is 2.29 bits per heavy atom. The van der Waals surface area contributed by atoms with Gasteiger partial charge in [-0.05, 0) is 6.08 Å². The monoisotopic (exact) mass is 100 g/mol. The van der Waals surface area contributed by atoms with E-state index in [0.29, 0.717) is 6.29 Å². The first kappa shape index (κ1) is 6.08. The lowest BCUT2D eigenvalue weighted by Crippen LogP contribution is -1.63. The van der Waals surface area contributed by atoms with Crippen molar-refractivity contribution >= 4 is 6.29 Å². The van der Waals surface area contributed by atoms with E-state index in [2.05, 4.69) is 6.58 Å². The minimum absolute atomic E-state index is 0.372. The van der Waals surface area contributed by atoms with Gasteiger partial charge in [0.05, 0.1) is 0 Å². The van der Waals surface area contributed by atoms with E-state index in [1.165, 1.54) is 0 Å². The smallest absolute Gasteiger partial charge is 0.145 e. The summed E-state index contributed by atoms with van der Waals surface area (Å²) in [7, 11) is 0. The van der Waals surface area contributed by atoms with E-state index in [1.807, 2.05) is 0 Å². The molecular formula is C5H5FO. The van der Waals surface area contributed by atoms with Crippen LogP contribution in [0.25, 0.3) is 0 Å². The molecule has 0 aliphatic carbocycles. The number of halogens is 1. The van der Waals surface area contributed by atoms with Gasteiger partial charge >= 0.3 is 0 Å². The van der Waals surface area contributed by atoms with Crippen LogP contribution in [0.1, 0.15) is 0 Å². The number of hydrogen-bond acceptors (Lipinski definition) is 1. The second-order valence-corrected chi connectivity index (χ2v) is 0.892. The zero-order chi connectivity index (χ0) is 5.70. The van der Waals surface area contributed by atoms with Crippen molar-refractivity contribution in [3.63, 3.8) is 0 Å². The van der Waals surface area contributed by atoms with Gasteiger partial charge in [-0.1, -0.05) is 6.58 Å². The van der Waals surface area contributed by atoms with Crippen molar-refractivity contribution in [1.82, 2.24) is 0 Å². The summed E-state index contributed by atoms with van der Waals surface area (Å²) in [5.41, 5.74) is 0. The van der Waals surface area contributed by atoms with Crippen molar-refractivity contribution in [2.45, 2.75) is 0 Å². The van der Waals surface area contributed by atoms with E-state index >= 15 is 0 Å². The van der Waals surface area contributed by atoms with E-state index in [-0.39, 0.29) is 0 Å². The molecule has 0 N–H and O–H groups in total. The lowest BCUT2D eigenvalue weighted by Gasteiger charge is -1.72. The molecule has 0 aromatic rings. The molecule has 7 heavy (non-hydrogen) atoms. The molecule has 0 unspecified atom stereocenters. The summed E-state index contributed by atoms with van der Waals surface area (Å²) in [4.78, 5) is 9.41. The third kappa shape index (κ3) is 2.89. The van der Waals surface area contributed by atoms with Crippen LogP contribution in [-0.2, 0) is 4.79 Å². The van der Waals surface area contributed by atoms with Gasteiger partial charge in [0, 0.05) is 6.08 Å². The maximum Gasteiger partial charge on any atom is 0.145 e. The predicted molar refractivity (Wildman–Crippen MR) is 25.5 cm³/mol. The second-order valence-electron chi connectivity index (χ2n) is 0.892. The van der Waals surface area contributed by atoms with Crippen LogP contribution in [0.2, 0.25) is 0 Å². The average Bonchev–Trinajstić information content (AvgIpc) is 1.68. The molecule has 0 aliphatic heterocycles. The summed E-state index contributed by atoms with van der Waals surface area (Å²) in [5, 5.41) is 0. The molecule has 0 fully saturated rings. The average molecular weight is 100 g/mol. The number of carbonyl (C=O) groups is 1. The summed E-state index contributed by atoms with van der Waals surface area (Å²) in [5.74, 6) is -0.602. The largest absolute Gasteiger partial charge is 0.298 e. The first-order valence-electron chi connectivity index (χ1n) is 1.74. The van der Waals surface area contributed by atoms with Crippen LogP contribution in [0, 0.1) is 0 Å². The van der Waals surface area contributed by atoms with Crippen LogP contribution in [0.5, 0.6) is 0 Å². The zero-order valence-electron chi connectivity index (χ0n) is 3.73. The molecule has 1 nitrogen and oxygen atoms in total. The predicted octanol–water partition coefficient (Wildman–Crippen LogP) is 1.22. The molecule has 0 aliphatic rings. The van der Waals surface area contributed by atoms with E-state index in [1.54, 1.807) is 0 Å². The van der Waals surface area contributed by atoms with Gasteiger partial charge in [0.2, 0.25) is 0 Å². The molecule has 0 aromatic carbocycles. The van der Waals surface area contributed by atoms with Gasteiger partial charge in [-0.2, -0.15) is 0 Å². The Morgan fingerprint density at radius 1 is 1.71 bits per heavy atom. The fourth-order valence-electron chi connectivity index (χ4n) is 0.133. The highest BCUT2D eigenvalue weighted by molar-refractivity contribution is 5.66. The Labute approximate surface area is 41.1 Å². The Kier molecular flexibility index (Phi) is 2.85.